The molecule has 0 spiro atoms. The van der Waals surface area contributed by atoms with Crippen molar-refractivity contribution in [1.29, 1.82) is 10.5 Å². The van der Waals surface area contributed by atoms with Gasteiger partial charge in [0.05, 0.1) is 0 Å². The van der Waals surface area contributed by atoms with Gasteiger partial charge in [-0.2, -0.15) is 10.5 Å². The summed E-state index contributed by atoms with van der Waals surface area (Å²) in [7, 11) is 1.79. The van der Waals surface area contributed by atoms with Crippen LogP contribution in [0.15, 0.2) is 34.3 Å². The number of rotatable bonds is 2. The summed E-state index contributed by atoms with van der Waals surface area (Å²) in [6.07, 6.45) is 2.33. The van der Waals surface area contributed by atoms with E-state index in [1.807, 2.05) is 31.2 Å². The van der Waals surface area contributed by atoms with Crippen LogP contribution in [0.3, 0.4) is 0 Å². The number of anilines is 1. The molecular weight excluding hydrogens is 380 g/mol. The maximum absolute atomic E-state index is 12.9. The number of halogens is 1. The summed E-state index contributed by atoms with van der Waals surface area (Å²) in [5, 5.41) is 18.6. The van der Waals surface area contributed by atoms with Gasteiger partial charge in [0.1, 0.15) is 23.4 Å². The number of benzene rings is 1. The first kappa shape index (κ1) is 17.0. The van der Waals surface area contributed by atoms with Crippen LogP contribution >= 0.6 is 15.9 Å². The molecule has 1 aliphatic rings. The van der Waals surface area contributed by atoms with Crippen molar-refractivity contribution in [3.63, 3.8) is 0 Å². The predicted octanol–water partition coefficient (Wildman–Crippen LogP) is 3.46. The Kier molecular flexibility index (Phi) is 4.48. The summed E-state index contributed by atoms with van der Waals surface area (Å²) >= 11 is 3.44. The van der Waals surface area contributed by atoms with Gasteiger partial charge < -0.3 is 9.47 Å². The van der Waals surface area contributed by atoms with Crippen LogP contribution in [0.25, 0.3) is 6.08 Å². The predicted molar refractivity (Wildman–Crippen MR) is 98.7 cm³/mol. The third-order valence-corrected chi connectivity index (χ3v) is 5.02. The first-order valence-corrected chi connectivity index (χ1v) is 8.54. The summed E-state index contributed by atoms with van der Waals surface area (Å²) < 4.78 is 2.72. The number of nitriles is 2. The van der Waals surface area contributed by atoms with Crippen LogP contribution in [-0.4, -0.2) is 17.0 Å². The van der Waals surface area contributed by atoms with Crippen molar-refractivity contribution in [3.8, 4) is 12.1 Å². The Hall–Kier alpha value is -2.83. The molecule has 124 valence electrons. The summed E-state index contributed by atoms with van der Waals surface area (Å²) in [6.45, 7) is 2.41. The summed E-state index contributed by atoms with van der Waals surface area (Å²) in [4.78, 5) is 14.5. The molecule has 0 saturated heterocycles. The fourth-order valence-corrected chi connectivity index (χ4v) is 3.41. The van der Waals surface area contributed by atoms with Crippen molar-refractivity contribution in [3.05, 3.63) is 56.8 Å². The lowest BCUT2D eigenvalue weighted by molar-refractivity contribution is -0.114. The van der Waals surface area contributed by atoms with Gasteiger partial charge in [-0.1, -0.05) is 15.9 Å². The fourth-order valence-electron chi connectivity index (χ4n) is 3.00. The maximum Gasteiger partial charge on any atom is 0.268 e. The molecule has 0 atom stereocenters. The lowest BCUT2D eigenvalue weighted by Crippen LogP contribution is -2.29. The molecule has 1 amide bonds. The quantitative estimate of drug-likeness (QED) is 0.578. The van der Waals surface area contributed by atoms with Crippen LogP contribution in [0.4, 0.5) is 5.69 Å². The van der Waals surface area contributed by atoms with Gasteiger partial charge in [-0.15, -0.1) is 0 Å². The lowest BCUT2D eigenvalue weighted by atomic mass is 10.1. The molecule has 2 heterocycles. The minimum atomic E-state index is -0.315. The average Bonchev–Trinajstić information content (AvgIpc) is 3.14. The molecule has 0 radical (unpaired) electrons. The number of aromatic nitrogens is 1. The minimum Gasteiger partial charge on any atom is -0.339 e. The Morgan fingerprint density at radius 2 is 2.08 bits per heavy atom. The third-order valence-electron chi connectivity index (χ3n) is 4.52. The second kappa shape index (κ2) is 6.58. The summed E-state index contributed by atoms with van der Waals surface area (Å²) in [5.41, 5.74) is 4.03. The monoisotopic (exact) mass is 394 g/mol. The lowest BCUT2D eigenvalue weighted by Gasteiger charge is -2.16. The van der Waals surface area contributed by atoms with Crippen LogP contribution < -0.4 is 4.90 Å². The van der Waals surface area contributed by atoms with Crippen LogP contribution in [0.5, 0.6) is 0 Å². The molecule has 0 aliphatic carbocycles. The molecule has 1 aromatic heterocycles. The highest BCUT2D eigenvalue weighted by molar-refractivity contribution is 9.10. The molecule has 2 aromatic rings. The fraction of sp³-hybridized carbons (Fsp3) is 0.211. The SMILES string of the molecule is Cc1c(/C=C(\C#N)C(=O)N2CCc3cc(Br)ccc32)cc(C#N)n1C. The minimum absolute atomic E-state index is 0.0639. The highest BCUT2D eigenvalue weighted by Gasteiger charge is 2.27. The van der Waals surface area contributed by atoms with Crippen LogP contribution in [0.2, 0.25) is 0 Å². The van der Waals surface area contributed by atoms with Crippen LogP contribution in [0.1, 0.15) is 22.5 Å². The molecule has 3 rings (SSSR count). The molecule has 5 nitrogen and oxygen atoms in total. The molecule has 6 heteroatoms. The van der Waals surface area contributed by atoms with E-state index in [1.165, 1.54) is 0 Å². The second-order valence-corrected chi connectivity index (χ2v) is 6.81. The van der Waals surface area contributed by atoms with Gasteiger partial charge in [0.25, 0.3) is 5.91 Å². The Bertz CT molecular complexity index is 988. The summed E-state index contributed by atoms with van der Waals surface area (Å²) in [5.74, 6) is -0.315. The Balaban J connectivity index is 1.97. The number of carbonyl (C=O) groups is 1. The van der Waals surface area contributed by atoms with E-state index in [2.05, 4.69) is 22.0 Å². The molecule has 0 saturated carbocycles. The van der Waals surface area contributed by atoms with E-state index in [-0.39, 0.29) is 11.5 Å². The summed E-state index contributed by atoms with van der Waals surface area (Å²) in [6, 6.07) is 11.6. The third kappa shape index (κ3) is 2.97. The topological polar surface area (TPSA) is 72.8 Å². The van der Waals surface area contributed by atoms with Gasteiger partial charge >= 0.3 is 0 Å². The molecular formula is C19H15BrN4O. The van der Waals surface area contributed by atoms with Crippen LogP contribution in [0, 0.1) is 29.6 Å². The van der Waals surface area contributed by atoms with E-state index >= 15 is 0 Å². The molecule has 1 aliphatic heterocycles. The van der Waals surface area contributed by atoms with E-state index in [4.69, 9.17) is 5.26 Å². The number of nitrogens with zero attached hydrogens (tertiary/aromatic N) is 4. The molecule has 0 unspecified atom stereocenters. The number of hydrogen-bond donors (Lipinski definition) is 0. The number of amides is 1. The second-order valence-electron chi connectivity index (χ2n) is 5.89. The van der Waals surface area contributed by atoms with Gasteiger partial charge in [-0.25, -0.2) is 0 Å². The van der Waals surface area contributed by atoms with E-state index < -0.39 is 0 Å². The zero-order valence-corrected chi connectivity index (χ0v) is 15.5. The number of fused-ring (bicyclic) bond motifs is 1. The van der Waals surface area contributed by atoms with Gasteiger partial charge in [0, 0.05) is 29.4 Å². The first-order valence-electron chi connectivity index (χ1n) is 7.74. The van der Waals surface area contributed by atoms with Crippen molar-refractivity contribution in [2.24, 2.45) is 7.05 Å². The van der Waals surface area contributed by atoms with Gasteiger partial charge in [-0.3, -0.25) is 4.79 Å². The molecule has 0 N–H and O–H groups in total. The molecule has 25 heavy (non-hydrogen) atoms. The van der Waals surface area contributed by atoms with Crippen molar-refractivity contribution in [2.45, 2.75) is 13.3 Å². The Morgan fingerprint density at radius 3 is 2.72 bits per heavy atom. The highest BCUT2D eigenvalue weighted by atomic mass is 79.9. The highest BCUT2D eigenvalue weighted by Crippen LogP contribution is 2.31. The van der Waals surface area contributed by atoms with E-state index in [1.54, 1.807) is 28.7 Å². The van der Waals surface area contributed by atoms with Gasteiger partial charge in [-0.05, 0) is 54.8 Å². The molecule has 0 bridgehead atoms. The van der Waals surface area contributed by atoms with Crippen molar-refractivity contribution in [1.82, 2.24) is 4.57 Å². The van der Waals surface area contributed by atoms with Crippen molar-refractivity contribution >= 4 is 33.6 Å². The van der Waals surface area contributed by atoms with Gasteiger partial charge in [0.15, 0.2) is 0 Å². The van der Waals surface area contributed by atoms with Crippen LogP contribution in [-0.2, 0) is 18.3 Å². The first-order chi connectivity index (χ1) is 12.0. The maximum atomic E-state index is 12.9. The molecule has 0 fully saturated rings. The smallest absolute Gasteiger partial charge is 0.268 e. The van der Waals surface area contributed by atoms with E-state index in [0.29, 0.717) is 17.8 Å². The van der Waals surface area contributed by atoms with E-state index in [0.717, 1.165) is 27.8 Å². The average molecular weight is 395 g/mol. The van der Waals surface area contributed by atoms with E-state index in [9.17, 15) is 10.1 Å². The Labute approximate surface area is 154 Å². The van der Waals surface area contributed by atoms with Gasteiger partial charge in [0.2, 0.25) is 0 Å². The number of hydrogen-bond acceptors (Lipinski definition) is 3. The van der Waals surface area contributed by atoms with Crippen molar-refractivity contribution in [2.75, 3.05) is 11.4 Å². The molecule has 1 aromatic carbocycles. The standard InChI is InChI=1S/C19H15BrN4O/c1-12-14(9-17(11-22)23(12)2)7-15(10-21)19(25)24-6-5-13-8-16(20)3-4-18(13)24/h3-4,7-9H,5-6H2,1-2H3/b15-7+. The van der Waals surface area contributed by atoms with Crippen molar-refractivity contribution < 1.29 is 4.79 Å². The zero-order chi connectivity index (χ0) is 18.1. The normalized spacial score (nSPS) is 13.3. The largest absolute Gasteiger partial charge is 0.339 e. The Morgan fingerprint density at radius 1 is 1.32 bits per heavy atom. The zero-order valence-electron chi connectivity index (χ0n) is 13.9. The number of carbonyl (C=O) groups excluding carboxylic acids is 1.